The number of aliphatic hydroxyl groups is 4. The molecule has 0 aliphatic heterocycles. The molecule has 5 amide bonds. The van der Waals surface area contributed by atoms with Crippen LogP contribution >= 0.6 is 0 Å². The fourth-order valence-corrected chi connectivity index (χ4v) is 8.14. The third-order valence-corrected chi connectivity index (χ3v) is 10.9. The maximum atomic E-state index is 11.5. The van der Waals surface area contributed by atoms with Gasteiger partial charge in [0.15, 0.2) is 0 Å². The zero-order valence-electron chi connectivity index (χ0n) is 47.1. The van der Waals surface area contributed by atoms with Gasteiger partial charge in [-0.15, -0.1) is 0 Å². The highest BCUT2D eigenvalue weighted by Gasteiger charge is 2.31. The monoisotopic (exact) mass is 1050 g/mol. The van der Waals surface area contributed by atoms with Crippen LogP contribution in [0.25, 0.3) is 0 Å². The molecule has 0 aromatic carbocycles. The fourth-order valence-electron chi connectivity index (χ4n) is 8.14. The summed E-state index contributed by atoms with van der Waals surface area (Å²) in [7, 11) is 0. The summed E-state index contributed by atoms with van der Waals surface area (Å²) >= 11 is 0. The highest BCUT2D eigenvalue weighted by Crippen LogP contribution is 2.24. The Hall–Kier alpha value is -4.34. The molecule has 5 saturated carbocycles. The summed E-state index contributed by atoms with van der Waals surface area (Å²) in [5, 5.41) is 50.8. The average molecular weight is 1050 g/mol. The summed E-state index contributed by atoms with van der Waals surface area (Å²) in [5.74, 6) is -0.270. The normalized spacial score (nSPS) is 26.7. The minimum absolute atomic E-state index is 0.0363. The maximum absolute atomic E-state index is 11.5. The molecule has 73 heavy (non-hydrogen) atoms. The molecule has 0 heterocycles. The summed E-state index contributed by atoms with van der Waals surface area (Å²) in [6.07, 6.45) is 8.09. The van der Waals surface area contributed by atoms with Crippen LogP contribution in [0.3, 0.4) is 0 Å². The Morgan fingerprint density at radius 3 is 0.685 bits per heavy atom. The quantitative estimate of drug-likeness (QED) is 0.0910. The van der Waals surface area contributed by atoms with Crippen molar-refractivity contribution in [2.45, 2.75) is 296 Å². The van der Waals surface area contributed by atoms with Crippen LogP contribution in [-0.2, 0) is 33.2 Å². The van der Waals surface area contributed by atoms with Crippen molar-refractivity contribution in [3.63, 3.8) is 0 Å². The van der Waals surface area contributed by atoms with Crippen LogP contribution in [0.4, 0.5) is 24.0 Å². The molecule has 0 aromatic heterocycles. The van der Waals surface area contributed by atoms with Gasteiger partial charge in [0.05, 0.1) is 24.4 Å². The Labute approximate surface area is 435 Å². The standard InChI is InChI=1S/C12H21NO4.4C10H19NO3/c1-8(14)16-10-6-5-9(7-10)13-11(15)17-12(2,3)4;4*1-10(2,3)14-9(13)11-7-4-5-8(12)6-7/h9-10H,5-7H2,1-4H3,(H,13,15);4*7-8,12H,4-6H2,1-3H3,(H,11,13)/t9-,10+;4*7-,8+/m01100/s1. The van der Waals surface area contributed by atoms with E-state index >= 15 is 0 Å². The van der Waals surface area contributed by atoms with Gasteiger partial charge in [0.1, 0.15) is 34.1 Å². The Balaban J connectivity index is 0.000000457. The number of hydrogen-bond donors (Lipinski definition) is 9. The fraction of sp³-hybridized carbons (Fsp3) is 0.885. The van der Waals surface area contributed by atoms with Crippen molar-refractivity contribution in [1.29, 1.82) is 0 Å². The minimum Gasteiger partial charge on any atom is -0.462 e. The molecule has 9 N–H and O–H groups in total. The number of aliphatic hydroxyl groups excluding tert-OH is 4. The van der Waals surface area contributed by atoms with E-state index in [-0.39, 0.29) is 66.7 Å². The predicted octanol–water partition coefficient (Wildman–Crippen LogP) is 7.69. The van der Waals surface area contributed by atoms with Crippen molar-refractivity contribution in [2.75, 3.05) is 0 Å². The highest BCUT2D eigenvalue weighted by molar-refractivity contribution is 5.70. The predicted molar refractivity (Wildman–Crippen MR) is 275 cm³/mol. The summed E-state index contributed by atoms with van der Waals surface area (Å²) in [4.78, 5) is 67.5. The number of ether oxygens (including phenoxy) is 6. The molecule has 5 rings (SSSR count). The Bertz CT molecular complexity index is 1520. The molecule has 426 valence electrons. The second-order valence-corrected chi connectivity index (χ2v) is 24.6. The topological polar surface area (TPSA) is 299 Å². The van der Waals surface area contributed by atoms with Crippen molar-refractivity contribution in [3.05, 3.63) is 0 Å². The van der Waals surface area contributed by atoms with Crippen molar-refractivity contribution in [3.8, 4) is 0 Å². The zero-order chi connectivity index (χ0) is 56.1. The van der Waals surface area contributed by atoms with Gasteiger partial charge in [-0.3, -0.25) is 4.79 Å². The Morgan fingerprint density at radius 2 is 0.521 bits per heavy atom. The first-order valence-electron chi connectivity index (χ1n) is 26.1. The summed E-state index contributed by atoms with van der Waals surface area (Å²) in [6.45, 7) is 28.8. The van der Waals surface area contributed by atoms with E-state index in [2.05, 4.69) is 26.6 Å². The Kier molecular flexibility index (Phi) is 27.6. The van der Waals surface area contributed by atoms with Crippen LogP contribution in [0, 0.1) is 0 Å². The number of carbonyl (C=O) groups is 6. The van der Waals surface area contributed by atoms with Crippen molar-refractivity contribution in [2.24, 2.45) is 0 Å². The lowest BCUT2D eigenvalue weighted by molar-refractivity contribution is -0.146. The van der Waals surface area contributed by atoms with Gasteiger partial charge in [0.25, 0.3) is 0 Å². The Morgan fingerprint density at radius 1 is 0.329 bits per heavy atom. The van der Waals surface area contributed by atoms with Gasteiger partial charge in [-0.25, -0.2) is 24.0 Å². The van der Waals surface area contributed by atoms with Crippen molar-refractivity contribution >= 4 is 36.4 Å². The van der Waals surface area contributed by atoms with Gasteiger partial charge in [0.2, 0.25) is 0 Å². The number of hydrogen-bond acceptors (Lipinski definition) is 16. The first kappa shape index (κ1) is 66.7. The van der Waals surface area contributed by atoms with E-state index in [1.807, 2.05) is 104 Å². The minimum atomic E-state index is -0.488. The molecule has 0 spiro atoms. The van der Waals surface area contributed by atoms with Crippen molar-refractivity contribution < 1.29 is 77.6 Å². The molecule has 0 radical (unpaired) electrons. The summed E-state index contributed by atoms with van der Waals surface area (Å²) < 4.78 is 30.7. The molecule has 5 aliphatic carbocycles. The molecular weight excluding hydrogens is 951 g/mol. The van der Waals surface area contributed by atoms with Crippen LogP contribution in [0.1, 0.15) is 207 Å². The molecule has 0 bridgehead atoms. The lowest BCUT2D eigenvalue weighted by Gasteiger charge is -2.21. The van der Waals surface area contributed by atoms with E-state index in [1.54, 1.807) is 0 Å². The number of amides is 5. The SMILES string of the molecule is CC(=O)O[C@@H]1CC[C@H](NC(=O)OC(C)(C)C)C1.CC(C)(C)OC(=O)N[C@@H]1CC[C@H](O)C1.CC(C)(C)OC(=O)N[C@@H]1CC[C@H](O)C1.CC(C)(C)OC(=O)N[C@H]1CC[C@@H](O)C1.CC(C)(C)OC(=O)N[C@H]1CC[C@@H](O)C1. The zero-order valence-corrected chi connectivity index (χ0v) is 47.1. The highest BCUT2D eigenvalue weighted by atomic mass is 16.6. The van der Waals surface area contributed by atoms with Crippen LogP contribution in [0.15, 0.2) is 0 Å². The molecule has 10 atom stereocenters. The van der Waals surface area contributed by atoms with E-state index in [1.165, 1.54) is 6.92 Å². The molecule has 0 unspecified atom stereocenters. The summed E-state index contributed by atoms with van der Waals surface area (Å²) in [5.41, 5.74) is -2.32. The second kappa shape index (κ2) is 30.3. The number of esters is 1. The molecule has 0 aromatic rings. The van der Waals surface area contributed by atoms with Crippen LogP contribution < -0.4 is 26.6 Å². The molecule has 0 saturated heterocycles. The molecule has 5 aliphatic rings. The molecule has 21 heteroatoms. The first-order valence-corrected chi connectivity index (χ1v) is 26.1. The van der Waals surface area contributed by atoms with Crippen LogP contribution in [0.2, 0.25) is 0 Å². The van der Waals surface area contributed by atoms with Gasteiger partial charge < -0.3 is 75.4 Å². The lowest BCUT2D eigenvalue weighted by atomic mass is 10.2. The van der Waals surface area contributed by atoms with E-state index in [9.17, 15) is 49.2 Å². The summed E-state index contributed by atoms with van der Waals surface area (Å²) in [6, 6.07) is 0.314. The smallest absolute Gasteiger partial charge is 0.407 e. The molecular formula is C52H97N5O16. The van der Waals surface area contributed by atoms with Gasteiger partial charge in [-0.2, -0.15) is 0 Å². The van der Waals surface area contributed by atoms with E-state index in [0.29, 0.717) is 32.1 Å². The number of nitrogens with one attached hydrogen (secondary N) is 5. The lowest BCUT2D eigenvalue weighted by Crippen LogP contribution is -2.38. The second-order valence-electron chi connectivity index (χ2n) is 24.6. The van der Waals surface area contributed by atoms with Gasteiger partial charge >= 0.3 is 36.4 Å². The van der Waals surface area contributed by atoms with Crippen molar-refractivity contribution in [1.82, 2.24) is 26.6 Å². The third kappa shape index (κ3) is 36.3. The molecule has 21 nitrogen and oxygen atoms in total. The van der Waals surface area contributed by atoms with Gasteiger partial charge in [0, 0.05) is 43.6 Å². The number of rotatable bonds is 6. The first-order chi connectivity index (χ1) is 33.2. The maximum Gasteiger partial charge on any atom is 0.407 e. The van der Waals surface area contributed by atoms with Crippen LogP contribution in [-0.4, -0.2) is 146 Å². The number of carbonyl (C=O) groups excluding carboxylic acids is 6. The largest absolute Gasteiger partial charge is 0.462 e. The number of alkyl carbamates (subject to hydrolysis) is 5. The molecule has 5 fully saturated rings. The average Bonchev–Trinajstić information content (AvgIpc) is 4.01. The van der Waals surface area contributed by atoms with E-state index in [0.717, 1.165) is 64.2 Å². The van der Waals surface area contributed by atoms with E-state index < -0.39 is 58.5 Å². The van der Waals surface area contributed by atoms with Gasteiger partial charge in [-0.05, 0) is 194 Å². The third-order valence-electron chi connectivity index (χ3n) is 10.9. The van der Waals surface area contributed by atoms with Gasteiger partial charge in [-0.1, -0.05) is 0 Å². The van der Waals surface area contributed by atoms with Crippen LogP contribution in [0.5, 0.6) is 0 Å². The van der Waals surface area contributed by atoms with E-state index in [4.69, 9.17) is 28.4 Å².